The van der Waals surface area contributed by atoms with Crippen LogP contribution in [0, 0.1) is 18.3 Å². The minimum atomic E-state index is -0.250. The molecule has 0 bridgehead atoms. The quantitative estimate of drug-likeness (QED) is 0.676. The maximum atomic E-state index is 10.9. The molecule has 3 heteroatoms. The fraction of sp³-hybridized carbons (Fsp3) is 0.385. The van der Waals surface area contributed by atoms with Crippen LogP contribution < -0.4 is 0 Å². The summed E-state index contributed by atoms with van der Waals surface area (Å²) in [6.07, 6.45) is 1.57. The standard InChI is InChI=1S/C13H13NO2/c1-8-5-12-10(6-11(8)7-14)3-4-13(12)16-9(2)15/h5-6,13H,3-4H2,1-2H3. The number of nitrogens with zero attached hydrogens (tertiary/aromatic N) is 1. The second-order valence-electron chi connectivity index (χ2n) is 4.11. The highest BCUT2D eigenvalue weighted by atomic mass is 16.5. The SMILES string of the molecule is CC(=O)OC1CCc2cc(C#N)c(C)cc21. The Morgan fingerprint density at radius 1 is 1.56 bits per heavy atom. The van der Waals surface area contributed by atoms with E-state index in [2.05, 4.69) is 6.07 Å². The summed E-state index contributed by atoms with van der Waals surface area (Å²) in [4.78, 5) is 10.9. The number of nitriles is 1. The van der Waals surface area contributed by atoms with Crippen LogP contribution in [0.4, 0.5) is 0 Å². The van der Waals surface area contributed by atoms with Gasteiger partial charge in [0.05, 0.1) is 11.6 Å². The van der Waals surface area contributed by atoms with Gasteiger partial charge in [0.15, 0.2) is 0 Å². The molecule has 1 aromatic rings. The number of ether oxygens (including phenoxy) is 1. The summed E-state index contributed by atoms with van der Waals surface area (Å²) in [5.41, 5.74) is 3.85. The fourth-order valence-corrected chi connectivity index (χ4v) is 2.18. The zero-order chi connectivity index (χ0) is 11.7. The number of esters is 1. The van der Waals surface area contributed by atoms with Gasteiger partial charge in [-0.3, -0.25) is 4.79 Å². The molecule has 1 aliphatic rings. The van der Waals surface area contributed by atoms with Crippen LogP contribution in [0.5, 0.6) is 0 Å². The molecule has 1 aliphatic carbocycles. The lowest BCUT2D eigenvalue weighted by atomic mass is 10.0. The van der Waals surface area contributed by atoms with Gasteiger partial charge in [0.2, 0.25) is 0 Å². The number of benzene rings is 1. The van der Waals surface area contributed by atoms with Crippen molar-refractivity contribution in [1.82, 2.24) is 0 Å². The van der Waals surface area contributed by atoms with Gasteiger partial charge in [-0.15, -0.1) is 0 Å². The predicted octanol–water partition coefficient (Wildman–Crippen LogP) is 2.42. The van der Waals surface area contributed by atoms with Gasteiger partial charge in [0.25, 0.3) is 0 Å². The van der Waals surface area contributed by atoms with Gasteiger partial charge in [0, 0.05) is 6.92 Å². The van der Waals surface area contributed by atoms with Gasteiger partial charge in [-0.1, -0.05) is 6.07 Å². The number of fused-ring (bicyclic) bond motifs is 1. The molecule has 3 nitrogen and oxygen atoms in total. The molecule has 16 heavy (non-hydrogen) atoms. The van der Waals surface area contributed by atoms with E-state index in [4.69, 9.17) is 10.00 Å². The van der Waals surface area contributed by atoms with Crippen LogP contribution in [0.2, 0.25) is 0 Å². The molecule has 0 saturated carbocycles. The van der Waals surface area contributed by atoms with E-state index in [1.54, 1.807) is 0 Å². The molecule has 1 aromatic carbocycles. The van der Waals surface area contributed by atoms with E-state index in [1.165, 1.54) is 6.92 Å². The van der Waals surface area contributed by atoms with Crippen LogP contribution >= 0.6 is 0 Å². The molecule has 82 valence electrons. The number of rotatable bonds is 1. The van der Waals surface area contributed by atoms with Gasteiger partial charge in [-0.05, 0) is 42.5 Å². The van der Waals surface area contributed by atoms with Gasteiger partial charge in [-0.2, -0.15) is 5.26 Å². The van der Waals surface area contributed by atoms with E-state index >= 15 is 0 Å². The first-order valence-corrected chi connectivity index (χ1v) is 5.32. The molecule has 0 aliphatic heterocycles. The maximum Gasteiger partial charge on any atom is 0.303 e. The zero-order valence-electron chi connectivity index (χ0n) is 9.41. The van der Waals surface area contributed by atoms with Crippen molar-refractivity contribution in [3.05, 3.63) is 34.4 Å². The van der Waals surface area contributed by atoms with Crippen LogP contribution in [0.1, 0.15) is 41.7 Å². The molecule has 1 unspecified atom stereocenters. The Hall–Kier alpha value is -1.82. The fourth-order valence-electron chi connectivity index (χ4n) is 2.18. The number of aryl methyl sites for hydroxylation is 2. The summed E-state index contributed by atoms with van der Waals surface area (Å²) in [7, 11) is 0. The first-order chi connectivity index (χ1) is 7.61. The van der Waals surface area contributed by atoms with Crippen molar-refractivity contribution in [3.63, 3.8) is 0 Å². The van der Waals surface area contributed by atoms with E-state index in [0.717, 1.165) is 29.5 Å². The Morgan fingerprint density at radius 2 is 2.31 bits per heavy atom. The van der Waals surface area contributed by atoms with Crippen molar-refractivity contribution in [1.29, 1.82) is 5.26 Å². The van der Waals surface area contributed by atoms with E-state index in [0.29, 0.717) is 5.56 Å². The lowest BCUT2D eigenvalue weighted by Gasteiger charge is -2.12. The van der Waals surface area contributed by atoms with Crippen molar-refractivity contribution in [2.24, 2.45) is 0 Å². The zero-order valence-corrected chi connectivity index (χ0v) is 9.41. The van der Waals surface area contributed by atoms with Crippen molar-refractivity contribution >= 4 is 5.97 Å². The third kappa shape index (κ3) is 1.79. The molecule has 1 atom stereocenters. The Labute approximate surface area is 94.6 Å². The van der Waals surface area contributed by atoms with E-state index in [9.17, 15) is 4.79 Å². The molecule has 0 heterocycles. The summed E-state index contributed by atoms with van der Waals surface area (Å²) in [5.74, 6) is -0.250. The van der Waals surface area contributed by atoms with Crippen LogP contribution in [0.3, 0.4) is 0 Å². The van der Waals surface area contributed by atoms with Gasteiger partial charge < -0.3 is 4.74 Å². The molecule has 0 fully saturated rings. The maximum absolute atomic E-state index is 10.9. The van der Waals surface area contributed by atoms with Crippen LogP contribution in [0.15, 0.2) is 12.1 Å². The summed E-state index contributed by atoms with van der Waals surface area (Å²) >= 11 is 0. The largest absolute Gasteiger partial charge is 0.458 e. The summed E-state index contributed by atoms with van der Waals surface area (Å²) in [6.45, 7) is 3.33. The lowest BCUT2D eigenvalue weighted by Crippen LogP contribution is -2.05. The molecule has 0 spiro atoms. The Morgan fingerprint density at radius 3 is 2.94 bits per heavy atom. The monoisotopic (exact) mass is 215 g/mol. The van der Waals surface area contributed by atoms with E-state index in [1.807, 2.05) is 19.1 Å². The molecule has 0 saturated heterocycles. The van der Waals surface area contributed by atoms with Gasteiger partial charge in [0.1, 0.15) is 6.10 Å². The third-order valence-electron chi connectivity index (χ3n) is 2.94. The normalized spacial score (nSPS) is 17.7. The molecule has 0 aromatic heterocycles. The number of hydrogen-bond donors (Lipinski definition) is 0. The van der Waals surface area contributed by atoms with Gasteiger partial charge >= 0.3 is 5.97 Å². The minimum Gasteiger partial charge on any atom is -0.458 e. The third-order valence-corrected chi connectivity index (χ3v) is 2.94. The highest BCUT2D eigenvalue weighted by molar-refractivity contribution is 5.66. The number of carbonyl (C=O) groups excluding carboxylic acids is 1. The minimum absolute atomic E-state index is 0.126. The van der Waals surface area contributed by atoms with E-state index < -0.39 is 0 Å². The highest BCUT2D eigenvalue weighted by Gasteiger charge is 2.25. The summed E-state index contributed by atoms with van der Waals surface area (Å²) in [5, 5.41) is 8.93. The first kappa shape index (κ1) is 10.7. The van der Waals surface area contributed by atoms with E-state index in [-0.39, 0.29) is 12.1 Å². The molecular formula is C13H13NO2. The highest BCUT2D eigenvalue weighted by Crippen LogP contribution is 2.35. The Bertz CT molecular complexity index is 485. The second kappa shape index (κ2) is 3.97. The van der Waals surface area contributed by atoms with Crippen molar-refractivity contribution in [2.45, 2.75) is 32.8 Å². The van der Waals surface area contributed by atoms with Crippen LogP contribution in [-0.2, 0) is 16.0 Å². The molecule has 0 radical (unpaired) electrons. The van der Waals surface area contributed by atoms with Crippen LogP contribution in [0.25, 0.3) is 0 Å². The predicted molar refractivity (Wildman–Crippen MR) is 58.7 cm³/mol. The molecule has 2 rings (SSSR count). The van der Waals surface area contributed by atoms with Crippen molar-refractivity contribution in [2.75, 3.05) is 0 Å². The molecule has 0 amide bonds. The molecular weight excluding hydrogens is 202 g/mol. The topological polar surface area (TPSA) is 50.1 Å². The number of carbonyl (C=O) groups is 1. The average molecular weight is 215 g/mol. The second-order valence-corrected chi connectivity index (χ2v) is 4.11. The van der Waals surface area contributed by atoms with Crippen molar-refractivity contribution in [3.8, 4) is 6.07 Å². The lowest BCUT2D eigenvalue weighted by molar-refractivity contribution is -0.146. The van der Waals surface area contributed by atoms with Gasteiger partial charge in [-0.25, -0.2) is 0 Å². The summed E-state index contributed by atoms with van der Waals surface area (Å²) < 4.78 is 5.24. The molecule has 0 N–H and O–H groups in total. The van der Waals surface area contributed by atoms with Crippen molar-refractivity contribution < 1.29 is 9.53 Å². The smallest absolute Gasteiger partial charge is 0.303 e. The Kier molecular flexibility index (Phi) is 2.66. The summed E-state index contributed by atoms with van der Waals surface area (Å²) in [6, 6.07) is 6.05. The number of hydrogen-bond acceptors (Lipinski definition) is 3. The Balaban J connectivity index is 2.38. The average Bonchev–Trinajstić information content (AvgIpc) is 2.59. The van der Waals surface area contributed by atoms with Crippen LogP contribution in [-0.4, -0.2) is 5.97 Å². The first-order valence-electron chi connectivity index (χ1n) is 5.32.